The first-order valence-electron chi connectivity index (χ1n) is 9.14. The van der Waals surface area contributed by atoms with E-state index >= 15 is 0 Å². The van der Waals surface area contributed by atoms with Crippen LogP contribution in [0.5, 0.6) is 17.4 Å². The highest BCUT2D eigenvalue weighted by atomic mass is 16.5. The first-order valence-corrected chi connectivity index (χ1v) is 9.14. The molecule has 0 bridgehead atoms. The molecule has 0 atom stereocenters. The quantitative estimate of drug-likeness (QED) is 0.467. The Labute approximate surface area is 172 Å². The van der Waals surface area contributed by atoms with Gasteiger partial charge in [-0.15, -0.1) is 10.2 Å². The minimum atomic E-state index is -0.627. The van der Waals surface area contributed by atoms with Gasteiger partial charge in [0.1, 0.15) is 6.54 Å². The molecule has 0 fully saturated rings. The first-order chi connectivity index (χ1) is 14.5. The Balaban J connectivity index is 1.95. The Morgan fingerprint density at radius 2 is 1.80 bits per heavy atom. The molecule has 2 aromatic carbocycles. The standard InChI is InChI=1S/C21H21N3O6/c1-4-30-18(25)12-24-15-8-6-5-7-14(15)19(21(24)27)22-23-20(26)13-9-10-16(28-2)17(11-13)29-3/h5-11,27H,4,12H2,1-3H3. The van der Waals surface area contributed by atoms with Crippen LogP contribution >= 0.6 is 0 Å². The van der Waals surface area contributed by atoms with Crippen molar-refractivity contribution < 1.29 is 28.9 Å². The summed E-state index contributed by atoms with van der Waals surface area (Å²) < 4.78 is 16.7. The molecule has 1 amide bonds. The molecule has 0 saturated carbocycles. The summed E-state index contributed by atoms with van der Waals surface area (Å²) in [5.41, 5.74) is 0.894. The molecule has 156 valence electrons. The molecule has 0 radical (unpaired) electrons. The Kier molecular flexibility index (Phi) is 6.31. The number of para-hydroxylation sites is 1. The number of hydrogen-bond acceptors (Lipinski definition) is 7. The van der Waals surface area contributed by atoms with Crippen molar-refractivity contribution in [3.05, 3.63) is 48.0 Å². The molecule has 0 unspecified atom stereocenters. The zero-order valence-electron chi connectivity index (χ0n) is 16.8. The Morgan fingerprint density at radius 1 is 1.07 bits per heavy atom. The van der Waals surface area contributed by atoms with Gasteiger partial charge in [-0.25, -0.2) is 0 Å². The molecule has 1 heterocycles. The summed E-state index contributed by atoms with van der Waals surface area (Å²) in [4.78, 5) is 24.4. The fourth-order valence-electron chi connectivity index (χ4n) is 2.99. The summed E-state index contributed by atoms with van der Waals surface area (Å²) in [6.07, 6.45) is 0. The van der Waals surface area contributed by atoms with Crippen molar-refractivity contribution in [3.63, 3.8) is 0 Å². The monoisotopic (exact) mass is 411 g/mol. The van der Waals surface area contributed by atoms with E-state index in [1.807, 2.05) is 0 Å². The highest BCUT2D eigenvalue weighted by Gasteiger charge is 2.19. The number of azo groups is 1. The van der Waals surface area contributed by atoms with E-state index in [1.54, 1.807) is 37.3 Å². The van der Waals surface area contributed by atoms with Gasteiger partial charge < -0.3 is 19.3 Å². The van der Waals surface area contributed by atoms with Crippen LogP contribution < -0.4 is 9.47 Å². The molecule has 1 aromatic heterocycles. The van der Waals surface area contributed by atoms with E-state index < -0.39 is 11.9 Å². The largest absolute Gasteiger partial charge is 0.493 e. The van der Waals surface area contributed by atoms with Crippen molar-refractivity contribution >= 4 is 28.5 Å². The predicted molar refractivity (Wildman–Crippen MR) is 109 cm³/mol. The number of ether oxygens (including phenoxy) is 3. The van der Waals surface area contributed by atoms with E-state index in [4.69, 9.17) is 14.2 Å². The van der Waals surface area contributed by atoms with Crippen molar-refractivity contribution in [2.45, 2.75) is 13.5 Å². The predicted octanol–water partition coefficient (Wildman–Crippen LogP) is 3.85. The number of carbonyl (C=O) groups is 2. The van der Waals surface area contributed by atoms with Gasteiger partial charge in [-0.3, -0.25) is 14.2 Å². The van der Waals surface area contributed by atoms with Crippen molar-refractivity contribution in [2.24, 2.45) is 10.2 Å². The molecule has 30 heavy (non-hydrogen) atoms. The highest BCUT2D eigenvalue weighted by Crippen LogP contribution is 2.39. The number of methoxy groups -OCH3 is 2. The van der Waals surface area contributed by atoms with Crippen LogP contribution in [-0.2, 0) is 16.1 Å². The number of rotatable bonds is 7. The fraction of sp³-hybridized carbons (Fsp3) is 0.238. The summed E-state index contributed by atoms with van der Waals surface area (Å²) in [6, 6.07) is 11.6. The van der Waals surface area contributed by atoms with E-state index in [2.05, 4.69) is 10.2 Å². The van der Waals surface area contributed by atoms with Gasteiger partial charge in [0.05, 0.1) is 26.3 Å². The average molecular weight is 411 g/mol. The number of aromatic hydroxyl groups is 1. The van der Waals surface area contributed by atoms with E-state index in [1.165, 1.54) is 30.9 Å². The minimum Gasteiger partial charge on any atom is -0.493 e. The number of hydrogen-bond donors (Lipinski definition) is 1. The summed E-state index contributed by atoms with van der Waals surface area (Å²) in [7, 11) is 2.96. The minimum absolute atomic E-state index is 0.0868. The molecule has 0 aliphatic heterocycles. The third kappa shape index (κ3) is 4.09. The van der Waals surface area contributed by atoms with Gasteiger partial charge in [-0.2, -0.15) is 0 Å². The summed E-state index contributed by atoms with van der Waals surface area (Å²) >= 11 is 0. The maximum Gasteiger partial charge on any atom is 0.326 e. The van der Waals surface area contributed by atoms with Crippen molar-refractivity contribution in [2.75, 3.05) is 20.8 Å². The third-order valence-electron chi connectivity index (χ3n) is 4.38. The average Bonchev–Trinajstić information content (AvgIpc) is 3.02. The number of fused-ring (bicyclic) bond motifs is 1. The van der Waals surface area contributed by atoms with Crippen LogP contribution in [-0.4, -0.2) is 42.4 Å². The number of amides is 1. The maximum absolute atomic E-state index is 12.5. The number of benzene rings is 2. The zero-order valence-corrected chi connectivity index (χ0v) is 16.8. The van der Waals surface area contributed by atoms with Crippen molar-refractivity contribution in [1.82, 2.24) is 4.57 Å². The lowest BCUT2D eigenvalue weighted by Crippen LogP contribution is -2.12. The van der Waals surface area contributed by atoms with Crippen LogP contribution in [0.15, 0.2) is 52.7 Å². The van der Waals surface area contributed by atoms with Crippen LogP contribution in [0.25, 0.3) is 10.9 Å². The lowest BCUT2D eigenvalue weighted by Gasteiger charge is -2.07. The van der Waals surface area contributed by atoms with Gasteiger partial charge in [0, 0.05) is 10.9 Å². The third-order valence-corrected chi connectivity index (χ3v) is 4.38. The Bertz CT molecular complexity index is 1120. The highest BCUT2D eigenvalue weighted by molar-refractivity contribution is 5.98. The molecule has 0 aliphatic rings. The molecule has 0 spiro atoms. The second-order valence-corrected chi connectivity index (χ2v) is 6.16. The van der Waals surface area contributed by atoms with E-state index in [0.717, 1.165) is 0 Å². The molecule has 0 aliphatic carbocycles. The van der Waals surface area contributed by atoms with Gasteiger partial charge >= 0.3 is 5.97 Å². The maximum atomic E-state index is 12.5. The van der Waals surface area contributed by atoms with Crippen molar-refractivity contribution in [3.8, 4) is 17.4 Å². The Morgan fingerprint density at radius 3 is 2.50 bits per heavy atom. The SMILES string of the molecule is CCOC(=O)Cn1c(O)c(N=NC(=O)c2ccc(OC)c(OC)c2)c2ccccc21. The van der Waals surface area contributed by atoms with Crippen LogP contribution in [0.4, 0.5) is 5.69 Å². The van der Waals surface area contributed by atoms with Crippen LogP contribution in [0, 0.1) is 0 Å². The van der Waals surface area contributed by atoms with Gasteiger partial charge in [-0.1, -0.05) is 18.2 Å². The molecule has 0 saturated heterocycles. The molecule has 1 N–H and O–H groups in total. The zero-order chi connectivity index (χ0) is 21.7. The molecule has 3 rings (SSSR count). The summed E-state index contributed by atoms with van der Waals surface area (Å²) in [6.45, 7) is 1.73. The van der Waals surface area contributed by atoms with Gasteiger partial charge in [0.2, 0.25) is 5.88 Å². The van der Waals surface area contributed by atoms with E-state index in [0.29, 0.717) is 22.4 Å². The van der Waals surface area contributed by atoms with Gasteiger partial charge in [0.15, 0.2) is 17.2 Å². The van der Waals surface area contributed by atoms with Crippen LogP contribution in [0.2, 0.25) is 0 Å². The Hall–Kier alpha value is -3.88. The molecular weight excluding hydrogens is 390 g/mol. The van der Waals surface area contributed by atoms with Gasteiger partial charge in [0.25, 0.3) is 5.91 Å². The van der Waals surface area contributed by atoms with E-state index in [-0.39, 0.29) is 30.3 Å². The van der Waals surface area contributed by atoms with Crippen molar-refractivity contribution in [1.29, 1.82) is 0 Å². The number of nitrogens with zero attached hydrogens (tertiary/aromatic N) is 3. The van der Waals surface area contributed by atoms with Gasteiger partial charge in [-0.05, 0) is 31.2 Å². The lowest BCUT2D eigenvalue weighted by atomic mass is 10.2. The van der Waals surface area contributed by atoms with E-state index in [9.17, 15) is 14.7 Å². The summed E-state index contributed by atoms with van der Waals surface area (Å²) in [5.74, 6) is -0.553. The first kappa shape index (κ1) is 20.8. The molecule has 9 nitrogen and oxygen atoms in total. The second kappa shape index (κ2) is 9.08. The number of aromatic nitrogens is 1. The number of carbonyl (C=O) groups excluding carboxylic acids is 2. The number of esters is 1. The molecule has 9 heteroatoms. The fourth-order valence-corrected chi connectivity index (χ4v) is 2.99. The second-order valence-electron chi connectivity index (χ2n) is 6.16. The van der Waals surface area contributed by atoms with Crippen LogP contribution in [0.1, 0.15) is 17.3 Å². The topological polar surface area (TPSA) is 112 Å². The normalized spacial score (nSPS) is 11.0. The molecular formula is C21H21N3O6. The molecule has 3 aromatic rings. The lowest BCUT2D eigenvalue weighted by molar-refractivity contribution is -0.143. The van der Waals surface area contributed by atoms with Crippen LogP contribution in [0.3, 0.4) is 0 Å². The smallest absolute Gasteiger partial charge is 0.326 e. The summed E-state index contributed by atoms with van der Waals surface area (Å²) in [5, 5.41) is 18.9.